The third-order valence-corrected chi connectivity index (χ3v) is 9.58. The maximum absolute atomic E-state index is 14.1. The maximum Gasteiger partial charge on any atom is 0.323 e. The van der Waals surface area contributed by atoms with Gasteiger partial charge in [-0.05, 0) is 88.0 Å². The standard InChI is InChI=1S/C39H60N8O6/c1-27(2)24-32(35(49)44-30(16-9-10-19-40)37(51)47-22-17-39(42,18-23-47)38(52)53)45-36(50)33(26-29-14-7-4-8-15-29)46-34(48)31(43-21-11-20-41)25-28-12-5-3-6-13-28/h3-8,12-15,27,30-33,43H,9-11,16-26,40-42H2,1-2H3,(H,44,49)(H,45,50)(H,46,48)(H,52,53)/t30-,31-,32-,33-/m1/s1. The third kappa shape index (κ3) is 14.2. The molecule has 1 heterocycles. The number of unbranched alkanes of at least 4 members (excludes halogenated alkanes) is 1. The van der Waals surface area contributed by atoms with Crippen LogP contribution in [0.3, 0.4) is 0 Å². The molecule has 2 aromatic carbocycles. The number of nitrogens with zero attached hydrogens (tertiary/aromatic N) is 1. The average Bonchev–Trinajstić information content (AvgIpc) is 3.14. The lowest BCUT2D eigenvalue weighted by atomic mass is 9.88. The lowest BCUT2D eigenvalue weighted by Crippen LogP contribution is -2.61. The van der Waals surface area contributed by atoms with Gasteiger partial charge in [0.2, 0.25) is 23.6 Å². The first kappa shape index (κ1) is 43.0. The second kappa shape index (κ2) is 22.0. The van der Waals surface area contributed by atoms with Gasteiger partial charge in [-0.3, -0.25) is 24.0 Å². The first-order chi connectivity index (χ1) is 25.4. The van der Waals surface area contributed by atoms with Crippen LogP contribution in [-0.2, 0) is 36.8 Å². The molecule has 0 saturated carbocycles. The van der Waals surface area contributed by atoms with E-state index in [0.717, 1.165) is 11.1 Å². The van der Waals surface area contributed by atoms with Gasteiger partial charge >= 0.3 is 5.97 Å². The summed E-state index contributed by atoms with van der Waals surface area (Å²) >= 11 is 0. The summed E-state index contributed by atoms with van der Waals surface area (Å²) in [6.07, 6.45) is 3.25. The fraction of sp³-hybridized carbons (Fsp3) is 0.564. The van der Waals surface area contributed by atoms with Gasteiger partial charge < -0.3 is 48.5 Å². The zero-order chi connectivity index (χ0) is 38.8. The van der Waals surface area contributed by atoms with E-state index in [-0.39, 0.29) is 56.5 Å². The molecule has 1 aliphatic rings. The van der Waals surface area contributed by atoms with Crippen molar-refractivity contribution >= 4 is 29.6 Å². The van der Waals surface area contributed by atoms with E-state index in [4.69, 9.17) is 17.2 Å². The first-order valence-electron chi connectivity index (χ1n) is 18.8. The van der Waals surface area contributed by atoms with Crippen LogP contribution in [0.25, 0.3) is 0 Å². The number of aliphatic carboxylic acids is 1. The van der Waals surface area contributed by atoms with Gasteiger partial charge in [-0.15, -0.1) is 0 Å². The van der Waals surface area contributed by atoms with E-state index >= 15 is 0 Å². The molecule has 0 radical (unpaired) electrons. The van der Waals surface area contributed by atoms with Gasteiger partial charge in [-0.25, -0.2) is 0 Å². The number of likely N-dealkylation sites (tertiary alicyclic amines) is 1. The minimum atomic E-state index is -1.41. The van der Waals surface area contributed by atoms with E-state index in [1.165, 1.54) is 4.90 Å². The quantitative estimate of drug-likeness (QED) is 0.0793. The molecule has 11 N–H and O–H groups in total. The molecule has 1 saturated heterocycles. The molecule has 4 atom stereocenters. The molecule has 4 amide bonds. The molecule has 1 fully saturated rings. The zero-order valence-electron chi connectivity index (χ0n) is 31.2. The van der Waals surface area contributed by atoms with E-state index in [1.807, 2.05) is 74.5 Å². The van der Waals surface area contributed by atoms with Crippen LogP contribution in [0, 0.1) is 5.92 Å². The number of benzene rings is 2. The molecule has 14 heteroatoms. The number of carboxylic acids is 1. The summed E-state index contributed by atoms with van der Waals surface area (Å²) < 4.78 is 0. The number of carbonyl (C=O) groups is 5. The Hall–Kier alpha value is -4.37. The van der Waals surface area contributed by atoms with Crippen molar-refractivity contribution in [3.8, 4) is 0 Å². The topological polar surface area (TPSA) is 235 Å². The largest absolute Gasteiger partial charge is 0.480 e. The zero-order valence-corrected chi connectivity index (χ0v) is 31.2. The van der Waals surface area contributed by atoms with Crippen molar-refractivity contribution in [1.82, 2.24) is 26.2 Å². The minimum Gasteiger partial charge on any atom is -0.480 e. The summed E-state index contributed by atoms with van der Waals surface area (Å²) in [6, 6.07) is 15.3. The summed E-state index contributed by atoms with van der Waals surface area (Å²) in [5.74, 6) is -2.86. The van der Waals surface area contributed by atoms with E-state index < -0.39 is 47.5 Å². The Labute approximate surface area is 313 Å². The highest BCUT2D eigenvalue weighted by Crippen LogP contribution is 2.21. The van der Waals surface area contributed by atoms with Gasteiger partial charge in [0.25, 0.3) is 0 Å². The van der Waals surface area contributed by atoms with Crippen molar-refractivity contribution in [3.05, 3.63) is 71.8 Å². The Kier molecular flexibility index (Phi) is 17.9. The monoisotopic (exact) mass is 736 g/mol. The highest BCUT2D eigenvalue weighted by Gasteiger charge is 2.40. The van der Waals surface area contributed by atoms with Crippen molar-refractivity contribution in [2.45, 2.75) is 101 Å². The van der Waals surface area contributed by atoms with E-state index in [0.29, 0.717) is 51.7 Å². The van der Waals surface area contributed by atoms with Crippen LogP contribution in [0.2, 0.25) is 0 Å². The third-order valence-electron chi connectivity index (χ3n) is 9.58. The van der Waals surface area contributed by atoms with E-state index in [1.54, 1.807) is 0 Å². The second-order valence-corrected chi connectivity index (χ2v) is 14.4. The number of hydrogen-bond acceptors (Lipinski definition) is 9. The van der Waals surface area contributed by atoms with Crippen molar-refractivity contribution in [2.24, 2.45) is 23.1 Å². The molecule has 14 nitrogen and oxygen atoms in total. The fourth-order valence-electron chi connectivity index (χ4n) is 6.38. The molecule has 0 aliphatic carbocycles. The molecule has 1 aliphatic heterocycles. The Balaban J connectivity index is 1.82. The predicted molar refractivity (Wildman–Crippen MR) is 204 cm³/mol. The number of nitrogens with one attached hydrogen (secondary N) is 4. The van der Waals surface area contributed by atoms with Crippen LogP contribution >= 0.6 is 0 Å². The lowest BCUT2D eigenvalue weighted by Gasteiger charge is -2.38. The average molecular weight is 737 g/mol. The van der Waals surface area contributed by atoms with Crippen molar-refractivity contribution in [1.29, 1.82) is 0 Å². The number of amides is 4. The molecular formula is C39H60N8O6. The highest BCUT2D eigenvalue weighted by molar-refractivity contribution is 5.95. The van der Waals surface area contributed by atoms with Crippen LogP contribution < -0.4 is 38.5 Å². The lowest BCUT2D eigenvalue weighted by molar-refractivity contribution is -0.148. The van der Waals surface area contributed by atoms with Crippen LogP contribution in [0.5, 0.6) is 0 Å². The van der Waals surface area contributed by atoms with Gasteiger partial charge in [0.05, 0.1) is 6.04 Å². The van der Waals surface area contributed by atoms with Crippen molar-refractivity contribution in [2.75, 3.05) is 32.7 Å². The minimum absolute atomic E-state index is 0.00241. The van der Waals surface area contributed by atoms with Gasteiger partial charge in [0, 0.05) is 19.5 Å². The SMILES string of the molecule is CC(C)C[C@@H](NC(=O)[C@@H](Cc1ccccc1)NC(=O)[C@@H](Cc1ccccc1)NCCCN)C(=O)N[C@H](CCCCN)C(=O)N1CCC(N)(C(=O)O)CC1. The number of piperidine rings is 1. The highest BCUT2D eigenvalue weighted by atomic mass is 16.4. The molecule has 0 spiro atoms. The van der Waals surface area contributed by atoms with Crippen LogP contribution in [0.15, 0.2) is 60.7 Å². The summed E-state index contributed by atoms with van der Waals surface area (Å²) in [6.45, 7) is 5.53. The van der Waals surface area contributed by atoms with Crippen LogP contribution in [0.1, 0.15) is 69.9 Å². The normalized spacial score (nSPS) is 16.2. The molecule has 3 rings (SSSR count). The smallest absolute Gasteiger partial charge is 0.323 e. The molecule has 0 unspecified atom stereocenters. The Morgan fingerprint density at radius 3 is 1.74 bits per heavy atom. The van der Waals surface area contributed by atoms with Crippen LogP contribution in [0.4, 0.5) is 0 Å². The Bertz CT molecular complexity index is 1450. The fourth-order valence-corrected chi connectivity index (χ4v) is 6.38. The predicted octanol–water partition coefficient (Wildman–Crippen LogP) is 0.813. The molecular weight excluding hydrogens is 676 g/mol. The summed E-state index contributed by atoms with van der Waals surface area (Å²) in [5, 5.41) is 21.6. The maximum atomic E-state index is 14.1. The number of carbonyl (C=O) groups excluding carboxylic acids is 4. The molecule has 2 aromatic rings. The number of rotatable bonds is 22. The Morgan fingerprint density at radius 2 is 1.21 bits per heavy atom. The van der Waals surface area contributed by atoms with Gasteiger partial charge in [-0.1, -0.05) is 74.5 Å². The molecule has 53 heavy (non-hydrogen) atoms. The summed E-state index contributed by atoms with van der Waals surface area (Å²) in [4.78, 5) is 68.9. The van der Waals surface area contributed by atoms with Gasteiger partial charge in [0.15, 0.2) is 0 Å². The first-order valence-corrected chi connectivity index (χ1v) is 18.8. The number of carboxylic acid groups (broad SMARTS) is 1. The van der Waals surface area contributed by atoms with Crippen LogP contribution in [-0.4, -0.2) is 102 Å². The van der Waals surface area contributed by atoms with Gasteiger partial charge in [-0.2, -0.15) is 0 Å². The van der Waals surface area contributed by atoms with Gasteiger partial charge in [0.1, 0.15) is 23.7 Å². The molecule has 0 aromatic heterocycles. The van der Waals surface area contributed by atoms with E-state index in [2.05, 4.69) is 21.3 Å². The number of nitrogens with two attached hydrogens (primary N) is 3. The second-order valence-electron chi connectivity index (χ2n) is 14.4. The van der Waals surface area contributed by atoms with E-state index in [9.17, 15) is 29.1 Å². The molecule has 292 valence electrons. The summed E-state index contributed by atoms with van der Waals surface area (Å²) in [7, 11) is 0. The summed E-state index contributed by atoms with van der Waals surface area (Å²) in [5.41, 5.74) is 17.8. The Morgan fingerprint density at radius 1 is 0.717 bits per heavy atom. The number of hydrogen-bond donors (Lipinski definition) is 8. The molecule has 0 bridgehead atoms. The van der Waals surface area contributed by atoms with Crippen molar-refractivity contribution in [3.63, 3.8) is 0 Å². The van der Waals surface area contributed by atoms with Crippen molar-refractivity contribution < 1.29 is 29.1 Å².